The molecule has 0 aliphatic heterocycles. The summed E-state index contributed by atoms with van der Waals surface area (Å²) in [5.41, 5.74) is 1.12. The topological polar surface area (TPSA) is 66.4 Å². The van der Waals surface area contributed by atoms with Crippen LogP contribution >= 0.6 is 22.9 Å². The Morgan fingerprint density at radius 1 is 1.32 bits per heavy atom. The van der Waals surface area contributed by atoms with E-state index < -0.39 is 10.0 Å². The molecule has 0 amide bonds. The van der Waals surface area contributed by atoms with Gasteiger partial charge in [0.05, 0.1) is 17.3 Å². The molecule has 102 valence electrons. The highest BCUT2D eigenvalue weighted by atomic mass is 35.5. The number of aliphatic hydroxyl groups is 1. The summed E-state index contributed by atoms with van der Waals surface area (Å²) in [4.78, 5) is 0.594. The normalized spacial score (nSPS) is 11.5. The van der Waals surface area contributed by atoms with Crippen LogP contribution in [0.15, 0.2) is 34.5 Å². The number of benzene rings is 1. The average Bonchev–Trinajstić information content (AvgIpc) is 2.83. The number of hydrogen-bond acceptors (Lipinski definition) is 4. The molecule has 1 aromatic carbocycles. The first-order valence-corrected chi connectivity index (χ1v) is 8.09. The Bertz CT molecular complexity index is 675. The van der Waals surface area contributed by atoms with E-state index in [-0.39, 0.29) is 10.8 Å². The molecule has 0 unspecified atom stereocenters. The Kier molecular flexibility index (Phi) is 4.15. The molecular weight excluding hydrogens is 306 g/mol. The number of aryl methyl sites for hydroxylation is 1. The second kappa shape index (κ2) is 5.50. The van der Waals surface area contributed by atoms with Gasteiger partial charge in [0.2, 0.25) is 0 Å². The van der Waals surface area contributed by atoms with Crippen LogP contribution in [-0.2, 0) is 16.6 Å². The van der Waals surface area contributed by atoms with Crippen molar-refractivity contribution in [1.82, 2.24) is 0 Å². The monoisotopic (exact) mass is 317 g/mol. The zero-order chi connectivity index (χ0) is 14.0. The predicted molar refractivity (Wildman–Crippen MR) is 77.2 cm³/mol. The summed E-state index contributed by atoms with van der Waals surface area (Å²) in [6.07, 6.45) is 0. The number of rotatable bonds is 4. The van der Waals surface area contributed by atoms with Gasteiger partial charge in [0.15, 0.2) is 0 Å². The van der Waals surface area contributed by atoms with Gasteiger partial charge >= 0.3 is 0 Å². The molecular formula is C12H12ClNO3S2. The van der Waals surface area contributed by atoms with Crippen molar-refractivity contribution in [1.29, 1.82) is 0 Å². The smallest absolute Gasteiger partial charge is 0.271 e. The number of thiophene rings is 1. The molecule has 0 saturated carbocycles. The first kappa shape index (κ1) is 14.3. The van der Waals surface area contributed by atoms with Gasteiger partial charge < -0.3 is 5.11 Å². The molecule has 2 N–H and O–H groups in total. The molecule has 1 aromatic heterocycles. The van der Waals surface area contributed by atoms with Crippen molar-refractivity contribution < 1.29 is 13.5 Å². The molecule has 19 heavy (non-hydrogen) atoms. The quantitative estimate of drug-likeness (QED) is 0.911. The largest absolute Gasteiger partial charge is 0.391 e. The lowest BCUT2D eigenvalue weighted by molar-refractivity contribution is 0.285. The van der Waals surface area contributed by atoms with Crippen molar-refractivity contribution in [2.45, 2.75) is 17.7 Å². The van der Waals surface area contributed by atoms with E-state index in [1.165, 1.54) is 6.07 Å². The molecule has 0 aliphatic rings. The fraction of sp³-hybridized carbons (Fsp3) is 0.167. The highest BCUT2D eigenvalue weighted by molar-refractivity contribution is 7.94. The van der Waals surface area contributed by atoms with Crippen molar-refractivity contribution in [3.8, 4) is 0 Å². The summed E-state index contributed by atoms with van der Waals surface area (Å²) in [5, 5.41) is 9.32. The van der Waals surface area contributed by atoms with E-state index in [0.29, 0.717) is 15.6 Å². The van der Waals surface area contributed by atoms with E-state index in [2.05, 4.69) is 4.72 Å². The molecule has 0 saturated heterocycles. The average molecular weight is 318 g/mol. The van der Waals surface area contributed by atoms with Gasteiger partial charge in [-0.15, -0.1) is 11.3 Å². The zero-order valence-corrected chi connectivity index (χ0v) is 12.4. The van der Waals surface area contributed by atoms with Crippen LogP contribution in [0.4, 0.5) is 5.69 Å². The number of halogens is 1. The molecule has 0 bridgehead atoms. The Hall–Kier alpha value is -1.08. The third-order valence-corrected chi connectivity index (χ3v) is 5.74. The van der Waals surface area contributed by atoms with Gasteiger partial charge in [0, 0.05) is 4.88 Å². The predicted octanol–water partition coefficient (Wildman–Crippen LogP) is 3.00. The molecule has 4 nitrogen and oxygen atoms in total. The molecule has 0 spiro atoms. The lowest BCUT2D eigenvalue weighted by Crippen LogP contribution is -2.12. The molecule has 1 heterocycles. The first-order valence-electron chi connectivity index (χ1n) is 5.41. The maximum Gasteiger partial charge on any atom is 0.271 e. The van der Waals surface area contributed by atoms with Gasteiger partial charge in [-0.2, -0.15) is 0 Å². The molecule has 7 heteroatoms. The second-order valence-electron chi connectivity index (χ2n) is 3.92. The minimum Gasteiger partial charge on any atom is -0.391 e. The summed E-state index contributed by atoms with van der Waals surface area (Å²) in [5.74, 6) is 0. The van der Waals surface area contributed by atoms with E-state index in [1.54, 1.807) is 31.2 Å². The number of anilines is 1. The van der Waals surface area contributed by atoms with Gasteiger partial charge in [-0.25, -0.2) is 8.42 Å². The van der Waals surface area contributed by atoms with Crippen molar-refractivity contribution in [3.63, 3.8) is 0 Å². The van der Waals surface area contributed by atoms with Crippen LogP contribution in [-0.4, -0.2) is 13.5 Å². The van der Waals surface area contributed by atoms with Gasteiger partial charge in [0.25, 0.3) is 10.0 Å². The lowest BCUT2D eigenvalue weighted by atomic mass is 10.2. The fourth-order valence-corrected chi connectivity index (χ4v) is 4.23. The van der Waals surface area contributed by atoms with Crippen LogP contribution < -0.4 is 4.72 Å². The summed E-state index contributed by atoms with van der Waals surface area (Å²) >= 11 is 7.02. The maximum atomic E-state index is 12.2. The van der Waals surface area contributed by atoms with Gasteiger partial charge in [0.1, 0.15) is 4.21 Å². The number of hydrogen-bond donors (Lipinski definition) is 2. The molecule has 0 aliphatic carbocycles. The molecule has 0 radical (unpaired) electrons. The van der Waals surface area contributed by atoms with Crippen LogP contribution in [0.5, 0.6) is 0 Å². The number of sulfonamides is 1. The zero-order valence-electron chi connectivity index (χ0n) is 10.1. The van der Waals surface area contributed by atoms with Gasteiger partial charge in [-0.1, -0.05) is 23.7 Å². The molecule has 2 rings (SSSR count). The van der Waals surface area contributed by atoms with E-state index >= 15 is 0 Å². The Morgan fingerprint density at radius 3 is 2.63 bits per heavy atom. The Morgan fingerprint density at radius 2 is 2.05 bits per heavy atom. The molecule has 0 atom stereocenters. The SMILES string of the molecule is Cc1cccc(Cl)c1NS(=O)(=O)c1ccc(CO)s1. The van der Waals surface area contributed by atoms with Crippen LogP contribution in [0, 0.1) is 6.92 Å². The Labute approximate surface area is 120 Å². The maximum absolute atomic E-state index is 12.2. The lowest BCUT2D eigenvalue weighted by Gasteiger charge is -2.10. The summed E-state index contributed by atoms with van der Waals surface area (Å²) in [6, 6.07) is 8.20. The number of nitrogens with one attached hydrogen (secondary N) is 1. The second-order valence-corrected chi connectivity index (χ2v) is 7.40. The molecule has 2 aromatic rings. The van der Waals surface area contributed by atoms with Gasteiger partial charge in [-0.3, -0.25) is 4.72 Å². The highest BCUT2D eigenvalue weighted by Crippen LogP contribution is 2.29. The van der Waals surface area contributed by atoms with Crippen molar-refractivity contribution in [2.24, 2.45) is 0 Å². The van der Waals surface area contributed by atoms with E-state index in [1.807, 2.05) is 0 Å². The number of aliphatic hydroxyl groups excluding tert-OH is 1. The standard InChI is InChI=1S/C12H12ClNO3S2/c1-8-3-2-4-10(13)12(8)14-19(16,17)11-6-5-9(7-15)18-11/h2-6,14-15H,7H2,1H3. The van der Waals surface area contributed by atoms with E-state index in [9.17, 15) is 8.42 Å². The summed E-state index contributed by atoms with van der Waals surface area (Å²) in [6.45, 7) is 1.60. The summed E-state index contributed by atoms with van der Waals surface area (Å²) in [7, 11) is -3.67. The third-order valence-electron chi connectivity index (χ3n) is 2.52. The van der Waals surface area contributed by atoms with Crippen molar-refractivity contribution >= 4 is 38.6 Å². The van der Waals surface area contributed by atoms with Crippen LogP contribution in [0.1, 0.15) is 10.4 Å². The van der Waals surface area contributed by atoms with Crippen molar-refractivity contribution in [3.05, 3.63) is 45.8 Å². The van der Waals surface area contributed by atoms with Crippen LogP contribution in [0.2, 0.25) is 5.02 Å². The van der Waals surface area contributed by atoms with E-state index in [0.717, 1.165) is 16.9 Å². The number of para-hydroxylation sites is 1. The van der Waals surface area contributed by atoms with Gasteiger partial charge in [-0.05, 0) is 30.7 Å². The Balaban J connectivity index is 2.36. The summed E-state index contributed by atoms with van der Waals surface area (Å²) < 4.78 is 27.0. The van der Waals surface area contributed by atoms with Crippen molar-refractivity contribution in [2.75, 3.05) is 4.72 Å². The van der Waals surface area contributed by atoms with E-state index in [4.69, 9.17) is 16.7 Å². The minimum atomic E-state index is -3.67. The van der Waals surface area contributed by atoms with Crippen LogP contribution in [0.25, 0.3) is 0 Å². The highest BCUT2D eigenvalue weighted by Gasteiger charge is 2.19. The fourth-order valence-electron chi connectivity index (χ4n) is 1.53. The first-order chi connectivity index (χ1) is 8.94. The van der Waals surface area contributed by atoms with Crippen LogP contribution in [0.3, 0.4) is 0 Å². The molecule has 0 fully saturated rings. The third kappa shape index (κ3) is 3.09. The minimum absolute atomic E-state index is 0.149.